The summed E-state index contributed by atoms with van der Waals surface area (Å²) < 4.78 is 0. The predicted octanol–water partition coefficient (Wildman–Crippen LogP) is 2.48. The zero-order valence-electron chi connectivity index (χ0n) is 18.5. The number of aliphatic hydroxyl groups is 1. The Morgan fingerprint density at radius 3 is 2.65 bits per heavy atom. The van der Waals surface area contributed by atoms with Crippen LogP contribution in [0.3, 0.4) is 0 Å². The number of hydrogen-bond donors (Lipinski definition) is 3. The molecule has 166 valence electrons. The predicted molar refractivity (Wildman–Crippen MR) is 120 cm³/mol. The minimum absolute atomic E-state index is 0.165. The lowest BCUT2D eigenvalue weighted by Gasteiger charge is -2.33. The van der Waals surface area contributed by atoms with E-state index in [1.54, 1.807) is 4.90 Å². The quantitative estimate of drug-likeness (QED) is 0.683. The van der Waals surface area contributed by atoms with Crippen molar-refractivity contribution >= 4 is 12.0 Å². The van der Waals surface area contributed by atoms with Gasteiger partial charge in [0, 0.05) is 17.8 Å². The maximum atomic E-state index is 13.1. The highest BCUT2D eigenvalue weighted by Gasteiger charge is 2.42. The fourth-order valence-corrected chi connectivity index (χ4v) is 4.42. The number of amides is 2. The van der Waals surface area contributed by atoms with E-state index in [2.05, 4.69) is 27.6 Å². The van der Waals surface area contributed by atoms with Crippen molar-refractivity contribution in [2.45, 2.75) is 50.9 Å². The van der Waals surface area contributed by atoms with Gasteiger partial charge in [-0.2, -0.15) is 0 Å². The van der Waals surface area contributed by atoms with E-state index in [4.69, 9.17) is 4.98 Å². The molecule has 2 aliphatic heterocycles. The molecule has 0 aliphatic carbocycles. The zero-order chi connectivity index (χ0) is 22.0. The maximum Gasteiger partial charge on any atom is 0.319 e. The first-order chi connectivity index (χ1) is 14.9. The molecule has 2 aliphatic rings. The van der Waals surface area contributed by atoms with Crippen molar-refractivity contribution < 1.29 is 9.90 Å². The molecule has 0 spiro atoms. The highest BCUT2D eigenvalue weighted by atomic mass is 16.3. The molecule has 4 rings (SSSR count). The number of urea groups is 1. The molecule has 0 unspecified atom stereocenters. The van der Waals surface area contributed by atoms with Gasteiger partial charge in [-0.25, -0.2) is 14.8 Å². The fraction of sp³-hybridized carbons (Fsp3) is 0.522. The standard InChI is InChI=1S/C23H32N6O2/c1-23(2)18-13-24-21(25-17-9-11-28(3)12-10-17)26-19(18)14-29(23)22(31)27-20(15-30)16-7-5-4-6-8-16/h4-8,13,17,20,30H,9-12,14-15H2,1-3H3,(H,27,31)(H,24,25,26)/t20-/m1/s1. The van der Waals surface area contributed by atoms with Crippen molar-refractivity contribution in [3.05, 3.63) is 53.3 Å². The van der Waals surface area contributed by atoms with E-state index in [0.29, 0.717) is 18.5 Å². The molecule has 1 atom stereocenters. The topological polar surface area (TPSA) is 93.6 Å². The molecular formula is C23H32N6O2. The summed E-state index contributed by atoms with van der Waals surface area (Å²) in [6.45, 7) is 6.38. The van der Waals surface area contributed by atoms with E-state index >= 15 is 0 Å². The molecule has 2 amide bonds. The number of aromatic nitrogens is 2. The largest absolute Gasteiger partial charge is 0.394 e. The lowest BCUT2D eigenvalue weighted by molar-refractivity contribution is 0.136. The SMILES string of the molecule is CN1CCC(Nc2ncc3c(n2)CN(C(=O)N[C@H](CO)c2ccccc2)C3(C)C)CC1. The molecule has 2 aromatic rings. The fourth-order valence-electron chi connectivity index (χ4n) is 4.42. The van der Waals surface area contributed by atoms with Crippen LogP contribution in [0.15, 0.2) is 36.5 Å². The van der Waals surface area contributed by atoms with Crippen LogP contribution in [-0.2, 0) is 12.1 Å². The summed E-state index contributed by atoms with van der Waals surface area (Å²) >= 11 is 0. The Kier molecular flexibility index (Phi) is 6.11. The van der Waals surface area contributed by atoms with Crippen molar-refractivity contribution in [3.63, 3.8) is 0 Å². The Morgan fingerprint density at radius 2 is 1.97 bits per heavy atom. The molecule has 0 radical (unpaired) electrons. The van der Waals surface area contributed by atoms with Crippen LogP contribution in [0, 0.1) is 0 Å². The first-order valence-electron chi connectivity index (χ1n) is 10.9. The van der Waals surface area contributed by atoms with Crippen molar-refractivity contribution in [3.8, 4) is 0 Å². The number of carbonyl (C=O) groups excluding carboxylic acids is 1. The van der Waals surface area contributed by atoms with Crippen LogP contribution in [0.2, 0.25) is 0 Å². The first kappa shape index (κ1) is 21.5. The molecule has 3 N–H and O–H groups in total. The van der Waals surface area contributed by atoms with Crippen LogP contribution < -0.4 is 10.6 Å². The maximum absolute atomic E-state index is 13.1. The number of hydrogen-bond acceptors (Lipinski definition) is 6. The summed E-state index contributed by atoms with van der Waals surface area (Å²) in [7, 11) is 2.14. The van der Waals surface area contributed by atoms with Crippen LogP contribution in [0.25, 0.3) is 0 Å². The number of benzene rings is 1. The van der Waals surface area contributed by atoms with Crippen molar-refractivity contribution in [1.29, 1.82) is 0 Å². The lowest BCUT2D eigenvalue weighted by Crippen LogP contribution is -2.47. The zero-order valence-corrected chi connectivity index (χ0v) is 18.5. The van der Waals surface area contributed by atoms with Crippen LogP contribution in [0.1, 0.15) is 49.6 Å². The van der Waals surface area contributed by atoms with Crippen LogP contribution in [0.4, 0.5) is 10.7 Å². The lowest BCUT2D eigenvalue weighted by atomic mass is 9.97. The minimum Gasteiger partial charge on any atom is -0.394 e. The highest BCUT2D eigenvalue weighted by Crippen LogP contribution is 2.38. The second-order valence-corrected chi connectivity index (χ2v) is 9.02. The van der Waals surface area contributed by atoms with E-state index in [1.807, 2.05) is 50.4 Å². The van der Waals surface area contributed by atoms with Crippen LogP contribution in [-0.4, -0.2) is 63.7 Å². The van der Waals surface area contributed by atoms with Gasteiger partial charge >= 0.3 is 6.03 Å². The summed E-state index contributed by atoms with van der Waals surface area (Å²) in [5.74, 6) is 0.629. The van der Waals surface area contributed by atoms with Crippen LogP contribution in [0.5, 0.6) is 0 Å². The van der Waals surface area contributed by atoms with Crippen molar-refractivity contribution in [1.82, 2.24) is 25.1 Å². The Bertz CT molecular complexity index is 912. The number of anilines is 1. The Hall–Kier alpha value is -2.71. The summed E-state index contributed by atoms with van der Waals surface area (Å²) in [6, 6.07) is 9.20. The third-order valence-corrected chi connectivity index (χ3v) is 6.49. The Balaban J connectivity index is 1.46. The summed E-state index contributed by atoms with van der Waals surface area (Å²) in [5.41, 5.74) is 2.15. The number of likely N-dealkylation sites (tertiary alicyclic amines) is 1. The van der Waals surface area contributed by atoms with E-state index < -0.39 is 11.6 Å². The van der Waals surface area contributed by atoms with E-state index in [-0.39, 0.29) is 12.6 Å². The first-order valence-corrected chi connectivity index (χ1v) is 10.9. The van der Waals surface area contributed by atoms with Crippen molar-refractivity contribution in [2.75, 3.05) is 32.1 Å². The second kappa shape index (κ2) is 8.80. The average Bonchev–Trinajstić information content (AvgIpc) is 3.04. The summed E-state index contributed by atoms with van der Waals surface area (Å²) in [4.78, 5) is 26.5. The van der Waals surface area contributed by atoms with E-state index in [9.17, 15) is 9.90 Å². The van der Waals surface area contributed by atoms with Gasteiger partial charge in [0.05, 0.1) is 30.4 Å². The number of nitrogens with zero attached hydrogens (tertiary/aromatic N) is 4. The molecular weight excluding hydrogens is 392 g/mol. The summed E-state index contributed by atoms with van der Waals surface area (Å²) in [5, 5.41) is 16.2. The summed E-state index contributed by atoms with van der Waals surface area (Å²) in [6.07, 6.45) is 3.98. The smallest absolute Gasteiger partial charge is 0.319 e. The molecule has 1 saturated heterocycles. The van der Waals surface area contributed by atoms with Gasteiger partial charge in [0.2, 0.25) is 5.95 Å². The molecule has 1 aromatic carbocycles. The van der Waals surface area contributed by atoms with Crippen molar-refractivity contribution in [2.24, 2.45) is 0 Å². The third-order valence-electron chi connectivity index (χ3n) is 6.49. The number of rotatable bonds is 5. The highest BCUT2D eigenvalue weighted by molar-refractivity contribution is 5.77. The number of nitrogens with one attached hydrogen (secondary N) is 2. The Morgan fingerprint density at radius 1 is 1.26 bits per heavy atom. The van der Waals surface area contributed by atoms with Gasteiger partial charge < -0.3 is 25.5 Å². The second-order valence-electron chi connectivity index (χ2n) is 9.02. The molecule has 0 saturated carbocycles. The van der Waals surface area contributed by atoms with Crippen LogP contribution >= 0.6 is 0 Å². The van der Waals surface area contributed by atoms with E-state index in [0.717, 1.165) is 42.8 Å². The van der Waals surface area contributed by atoms with E-state index in [1.165, 1.54) is 0 Å². The van der Waals surface area contributed by atoms with Gasteiger partial charge in [-0.05, 0) is 52.4 Å². The van der Waals surface area contributed by atoms with Gasteiger partial charge in [-0.15, -0.1) is 0 Å². The molecule has 31 heavy (non-hydrogen) atoms. The molecule has 8 heteroatoms. The number of piperidine rings is 1. The molecule has 1 fully saturated rings. The molecule has 0 bridgehead atoms. The van der Waals surface area contributed by atoms with Gasteiger partial charge in [-0.3, -0.25) is 0 Å². The normalized spacial score (nSPS) is 19.7. The number of fused-ring (bicyclic) bond motifs is 1. The molecule has 3 heterocycles. The Labute approximate surface area is 183 Å². The average molecular weight is 425 g/mol. The number of aliphatic hydroxyl groups excluding tert-OH is 1. The van der Waals surface area contributed by atoms with Gasteiger partial charge in [0.1, 0.15) is 0 Å². The number of carbonyl (C=O) groups is 1. The van der Waals surface area contributed by atoms with Gasteiger partial charge in [0.15, 0.2) is 0 Å². The molecule has 8 nitrogen and oxygen atoms in total. The third kappa shape index (κ3) is 4.50. The van der Waals surface area contributed by atoms with Gasteiger partial charge in [-0.1, -0.05) is 30.3 Å². The monoisotopic (exact) mass is 424 g/mol. The van der Waals surface area contributed by atoms with Gasteiger partial charge in [0.25, 0.3) is 0 Å². The molecule has 1 aromatic heterocycles. The minimum atomic E-state index is -0.539.